The molecule has 0 aromatic carbocycles. The van der Waals surface area contributed by atoms with Crippen molar-refractivity contribution in [2.24, 2.45) is 0 Å². The van der Waals surface area contributed by atoms with Gasteiger partial charge in [-0.1, -0.05) is 11.6 Å². The van der Waals surface area contributed by atoms with E-state index in [1.165, 1.54) is 0 Å². The molecule has 2 rings (SSSR count). The van der Waals surface area contributed by atoms with Crippen molar-refractivity contribution in [1.29, 1.82) is 0 Å². The topological polar surface area (TPSA) is 17.3 Å². The van der Waals surface area contributed by atoms with Gasteiger partial charge in [-0.2, -0.15) is 0 Å². The Balaban J connectivity index is 2.90. The number of aromatic nitrogens is 2. The number of nitrogens with zero attached hydrogens (tertiary/aromatic N) is 2. The fourth-order valence-electron chi connectivity index (χ4n) is 1.05. The molecule has 11 heavy (non-hydrogen) atoms. The van der Waals surface area contributed by atoms with Crippen LogP contribution < -0.4 is 0 Å². The lowest BCUT2D eigenvalue weighted by Gasteiger charge is -1.91. The fraction of sp³-hybridized carbons (Fsp3) is 0.125. The molecule has 0 aliphatic carbocycles. The summed E-state index contributed by atoms with van der Waals surface area (Å²) in [5, 5.41) is 0.639. The van der Waals surface area contributed by atoms with Crippen LogP contribution >= 0.6 is 11.6 Å². The van der Waals surface area contributed by atoms with E-state index in [1.807, 2.05) is 17.5 Å². The molecule has 2 aromatic rings. The van der Waals surface area contributed by atoms with Gasteiger partial charge in [-0.3, -0.25) is 0 Å². The van der Waals surface area contributed by atoms with Gasteiger partial charge in [-0.25, -0.2) is 4.98 Å². The van der Waals surface area contributed by atoms with E-state index in [9.17, 15) is 0 Å². The third-order valence-corrected chi connectivity index (χ3v) is 1.77. The van der Waals surface area contributed by atoms with E-state index in [0.29, 0.717) is 5.02 Å². The van der Waals surface area contributed by atoms with Gasteiger partial charge in [0.1, 0.15) is 0 Å². The molecule has 0 bridgehead atoms. The fourth-order valence-corrected chi connectivity index (χ4v) is 1.25. The summed E-state index contributed by atoms with van der Waals surface area (Å²) >= 11 is 5.86. The zero-order valence-electron chi connectivity index (χ0n) is 6.00. The molecule has 2 heterocycles. The van der Waals surface area contributed by atoms with Crippen molar-refractivity contribution >= 4 is 17.2 Å². The molecule has 2 nitrogen and oxygen atoms in total. The maximum atomic E-state index is 5.86. The molecule has 0 spiro atoms. The number of halogens is 1. The number of aryl methyl sites for hydroxylation is 1. The van der Waals surface area contributed by atoms with Crippen molar-refractivity contribution < 1.29 is 0 Å². The van der Waals surface area contributed by atoms with Crippen molar-refractivity contribution in [3.05, 3.63) is 35.2 Å². The van der Waals surface area contributed by atoms with E-state index in [4.69, 9.17) is 11.6 Å². The number of fused-ring (bicyclic) bond motifs is 1. The second-order valence-corrected chi connectivity index (χ2v) is 2.81. The second kappa shape index (κ2) is 2.24. The lowest BCUT2D eigenvalue weighted by molar-refractivity contribution is 1.18. The standard InChI is InChI=1S/C8H6ClN2/c1-6-5-11-4-2-3-7(9)8(11)10-6/h3-5H,1H3. The molecule has 55 valence electrons. The second-order valence-electron chi connectivity index (χ2n) is 2.40. The minimum absolute atomic E-state index is 0.639. The van der Waals surface area contributed by atoms with Crippen molar-refractivity contribution in [3.63, 3.8) is 0 Å². The molecule has 0 N–H and O–H groups in total. The van der Waals surface area contributed by atoms with Crippen molar-refractivity contribution in [3.8, 4) is 0 Å². The molecule has 0 unspecified atom stereocenters. The minimum atomic E-state index is 0.639. The summed E-state index contributed by atoms with van der Waals surface area (Å²) < 4.78 is 1.86. The number of imidazole rings is 1. The van der Waals surface area contributed by atoms with E-state index < -0.39 is 0 Å². The summed E-state index contributed by atoms with van der Waals surface area (Å²) in [6.07, 6.45) is 3.72. The summed E-state index contributed by atoms with van der Waals surface area (Å²) in [6.45, 7) is 1.93. The van der Waals surface area contributed by atoms with Gasteiger partial charge in [0.2, 0.25) is 0 Å². The van der Waals surface area contributed by atoms with Gasteiger partial charge in [0.15, 0.2) is 5.65 Å². The molecular weight excluding hydrogens is 160 g/mol. The van der Waals surface area contributed by atoms with Crippen LogP contribution in [0.3, 0.4) is 0 Å². The summed E-state index contributed by atoms with van der Waals surface area (Å²) in [6, 6.07) is 4.62. The first-order valence-corrected chi connectivity index (χ1v) is 3.66. The van der Waals surface area contributed by atoms with E-state index >= 15 is 0 Å². The van der Waals surface area contributed by atoms with E-state index in [-0.39, 0.29) is 0 Å². The smallest absolute Gasteiger partial charge is 0.155 e. The van der Waals surface area contributed by atoms with E-state index in [1.54, 1.807) is 12.3 Å². The molecule has 0 saturated carbocycles. The Morgan fingerprint density at radius 3 is 3.18 bits per heavy atom. The van der Waals surface area contributed by atoms with Gasteiger partial charge >= 0.3 is 0 Å². The summed E-state index contributed by atoms with van der Waals surface area (Å²) in [7, 11) is 0. The summed E-state index contributed by atoms with van der Waals surface area (Å²) in [4.78, 5) is 4.22. The normalized spacial score (nSPS) is 10.7. The van der Waals surface area contributed by atoms with Crippen LogP contribution in [0.5, 0.6) is 0 Å². The SMILES string of the molecule is Cc1cn2c[c]cc(Cl)c2n1. The van der Waals surface area contributed by atoms with Crippen LogP contribution in [0.2, 0.25) is 5.02 Å². The lowest BCUT2D eigenvalue weighted by atomic mass is 10.5. The maximum Gasteiger partial charge on any atom is 0.155 e. The Labute approximate surface area is 69.4 Å². The van der Waals surface area contributed by atoms with Crippen molar-refractivity contribution in [2.45, 2.75) is 6.92 Å². The van der Waals surface area contributed by atoms with Gasteiger partial charge in [-0.05, 0) is 13.0 Å². The van der Waals surface area contributed by atoms with Crippen LogP contribution in [0.25, 0.3) is 5.65 Å². The lowest BCUT2D eigenvalue weighted by Crippen LogP contribution is -1.81. The summed E-state index contributed by atoms with van der Waals surface area (Å²) in [5.41, 5.74) is 1.76. The van der Waals surface area contributed by atoms with Gasteiger partial charge in [0.05, 0.1) is 10.7 Å². The van der Waals surface area contributed by atoms with Gasteiger partial charge in [0, 0.05) is 18.5 Å². The largest absolute Gasteiger partial charge is 0.305 e. The predicted octanol–water partition coefficient (Wildman–Crippen LogP) is 2.10. The minimum Gasteiger partial charge on any atom is -0.305 e. The van der Waals surface area contributed by atoms with Crippen molar-refractivity contribution in [2.75, 3.05) is 0 Å². The third-order valence-electron chi connectivity index (χ3n) is 1.49. The van der Waals surface area contributed by atoms with Crippen molar-refractivity contribution in [1.82, 2.24) is 9.38 Å². The van der Waals surface area contributed by atoms with Crippen LogP contribution in [0, 0.1) is 13.0 Å². The average molecular weight is 166 g/mol. The van der Waals surface area contributed by atoms with Crippen LogP contribution in [-0.2, 0) is 0 Å². The number of pyridine rings is 1. The number of rotatable bonds is 0. The molecule has 0 atom stereocenters. The van der Waals surface area contributed by atoms with Crippen LogP contribution in [-0.4, -0.2) is 9.38 Å². The highest BCUT2D eigenvalue weighted by molar-refractivity contribution is 6.33. The maximum absolute atomic E-state index is 5.86. The monoisotopic (exact) mass is 165 g/mol. The van der Waals surface area contributed by atoms with Gasteiger partial charge in [0.25, 0.3) is 0 Å². The Hall–Kier alpha value is -1.02. The van der Waals surface area contributed by atoms with Crippen LogP contribution in [0.1, 0.15) is 5.69 Å². The average Bonchev–Trinajstić information content (AvgIpc) is 2.31. The Morgan fingerprint density at radius 2 is 2.45 bits per heavy atom. The quantitative estimate of drug-likeness (QED) is 0.585. The van der Waals surface area contributed by atoms with Crippen LogP contribution in [0.15, 0.2) is 18.5 Å². The first kappa shape index (κ1) is 6.68. The predicted molar refractivity (Wildman–Crippen MR) is 43.8 cm³/mol. The molecule has 2 aromatic heterocycles. The third kappa shape index (κ3) is 0.994. The van der Waals surface area contributed by atoms with Gasteiger partial charge < -0.3 is 4.40 Å². The highest BCUT2D eigenvalue weighted by atomic mass is 35.5. The Kier molecular flexibility index (Phi) is 1.36. The highest BCUT2D eigenvalue weighted by Gasteiger charge is 1.99. The highest BCUT2D eigenvalue weighted by Crippen LogP contribution is 2.14. The first-order valence-electron chi connectivity index (χ1n) is 3.28. The number of hydrogen-bond acceptors (Lipinski definition) is 1. The molecule has 0 saturated heterocycles. The Morgan fingerprint density at radius 1 is 1.64 bits per heavy atom. The van der Waals surface area contributed by atoms with Crippen LogP contribution in [0.4, 0.5) is 0 Å². The molecule has 0 aliphatic rings. The molecule has 3 heteroatoms. The van der Waals surface area contributed by atoms with E-state index in [2.05, 4.69) is 11.1 Å². The molecule has 0 amide bonds. The van der Waals surface area contributed by atoms with Gasteiger partial charge in [-0.15, -0.1) is 0 Å². The molecular formula is C8H6ClN2. The summed E-state index contributed by atoms with van der Waals surface area (Å²) in [5.74, 6) is 0. The molecule has 0 aliphatic heterocycles. The first-order chi connectivity index (χ1) is 5.27. The molecule has 0 fully saturated rings. The Bertz CT molecular complexity index is 392. The zero-order valence-corrected chi connectivity index (χ0v) is 6.76. The molecule has 1 radical (unpaired) electrons. The van der Waals surface area contributed by atoms with E-state index in [0.717, 1.165) is 11.3 Å². The zero-order chi connectivity index (χ0) is 7.84. The number of hydrogen-bond donors (Lipinski definition) is 0.